The number of carboxylic acids is 2. The van der Waals surface area contributed by atoms with Crippen molar-refractivity contribution in [2.24, 2.45) is 0 Å². The number of aromatic nitrogens is 3. The van der Waals surface area contributed by atoms with Crippen molar-refractivity contribution in [3.05, 3.63) is 41.9 Å². The molecule has 0 aromatic carbocycles. The molecule has 2 aromatic rings. The van der Waals surface area contributed by atoms with Crippen LogP contribution in [0.15, 0.2) is 30.7 Å². The molecule has 0 fully saturated rings. The second-order valence-electron chi connectivity index (χ2n) is 5.71. The molecule has 0 atom stereocenters. The summed E-state index contributed by atoms with van der Waals surface area (Å²) in [6, 6.07) is 3.78. The molecule has 1 amide bonds. The summed E-state index contributed by atoms with van der Waals surface area (Å²) in [5.41, 5.74) is 1.54. The number of hydrogen-bond donors (Lipinski definition) is 3. The van der Waals surface area contributed by atoms with Gasteiger partial charge in [-0.05, 0) is 24.6 Å². The van der Waals surface area contributed by atoms with Crippen molar-refractivity contribution in [1.29, 1.82) is 0 Å². The van der Waals surface area contributed by atoms with Crippen molar-refractivity contribution < 1.29 is 37.8 Å². The first kappa shape index (κ1) is 26.3. The second kappa shape index (κ2) is 12.8. The van der Waals surface area contributed by atoms with E-state index in [4.69, 9.17) is 15.0 Å². The molecule has 170 valence electrons. The van der Waals surface area contributed by atoms with Crippen LogP contribution in [0, 0.1) is 6.92 Å². The van der Waals surface area contributed by atoms with Crippen molar-refractivity contribution >= 4 is 39.4 Å². The topological polar surface area (TPSA) is 134 Å². The van der Waals surface area contributed by atoms with E-state index in [0.29, 0.717) is 29.4 Å². The number of nitrogens with zero attached hydrogens (tertiary/aromatic N) is 3. The van der Waals surface area contributed by atoms with Crippen LogP contribution < -0.4 is 5.32 Å². The summed E-state index contributed by atoms with van der Waals surface area (Å²) in [4.78, 5) is 35.5. The Balaban J connectivity index is 0.000000592. The highest BCUT2D eigenvalue weighted by Crippen LogP contribution is 2.21. The predicted octanol–water partition coefficient (Wildman–Crippen LogP) is 2.79. The van der Waals surface area contributed by atoms with Gasteiger partial charge in [0.15, 0.2) is 5.82 Å². The third-order valence-electron chi connectivity index (χ3n) is 3.18. The molecule has 14 heteroatoms. The van der Waals surface area contributed by atoms with Gasteiger partial charge in [-0.25, -0.2) is 14.5 Å². The van der Waals surface area contributed by atoms with Gasteiger partial charge in [0.05, 0.1) is 18.2 Å². The van der Waals surface area contributed by atoms with E-state index in [1.165, 1.54) is 17.0 Å². The van der Waals surface area contributed by atoms with Crippen molar-refractivity contribution in [2.45, 2.75) is 19.5 Å². The first-order valence-electron chi connectivity index (χ1n) is 8.53. The molecule has 0 aliphatic heterocycles. The number of halogens is 3. The number of alkyl halides is 3. The maximum Gasteiger partial charge on any atom is 0.490 e. The van der Waals surface area contributed by atoms with Crippen LogP contribution in [0.2, 0.25) is 0 Å². The fourth-order valence-electron chi connectivity index (χ4n) is 1.77. The summed E-state index contributed by atoms with van der Waals surface area (Å²) in [5, 5.41) is 22.6. The van der Waals surface area contributed by atoms with Gasteiger partial charge in [0.1, 0.15) is 0 Å². The van der Waals surface area contributed by atoms with Crippen molar-refractivity contribution in [3.8, 4) is 5.82 Å². The highest BCUT2D eigenvalue weighted by molar-refractivity contribution is 8.76. The Bertz CT molecular complexity index is 893. The summed E-state index contributed by atoms with van der Waals surface area (Å²) >= 11 is 0. The maximum atomic E-state index is 12.1. The van der Waals surface area contributed by atoms with Crippen LogP contribution in [0.3, 0.4) is 0 Å². The molecule has 31 heavy (non-hydrogen) atoms. The normalized spacial score (nSPS) is 10.7. The number of aliphatic carboxylic acids is 2. The number of amides is 1. The van der Waals surface area contributed by atoms with E-state index in [2.05, 4.69) is 15.4 Å². The SMILES string of the molecule is Cc1ccnc(-n2cc(C(=O)NCCSSCCC(=O)O)cn2)c1.O=C(O)C(F)(F)F. The molecule has 9 nitrogen and oxygen atoms in total. The number of aryl methyl sites for hydroxylation is 1. The van der Waals surface area contributed by atoms with E-state index in [1.54, 1.807) is 27.9 Å². The molecule has 3 N–H and O–H groups in total. The summed E-state index contributed by atoms with van der Waals surface area (Å²) in [6.45, 7) is 2.48. The average Bonchev–Trinajstić information content (AvgIpc) is 3.17. The number of hydrogen-bond acceptors (Lipinski definition) is 7. The quantitative estimate of drug-likeness (QED) is 0.366. The van der Waals surface area contributed by atoms with Gasteiger partial charge < -0.3 is 15.5 Å². The third kappa shape index (κ3) is 10.7. The standard InChI is InChI=1S/C15H18N4O3S2.C2HF3O2/c1-11-2-4-16-13(8-11)19-10-12(9-18-19)15(22)17-5-7-24-23-6-3-14(20)21;3-2(4,5)1(6)7/h2,4,8-10H,3,5-7H2,1H3,(H,17,22)(H,20,21);(H,6,7). The molecule has 2 heterocycles. The summed E-state index contributed by atoms with van der Waals surface area (Å²) in [6.07, 6.45) is -0.0818. The molecule has 0 saturated heterocycles. The van der Waals surface area contributed by atoms with Gasteiger partial charge >= 0.3 is 18.1 Å². The molecule has 2 aromatic heterocycles. The van der Waals surface area contributed by atoms with Gasteiger partial charge in [0.25, 0.3) is 5.91 Å². The number of carboxylic acid groups (broad SMARTS) is 2. The van der Waals surface area contributed by atoms with E-state index in [-0.39, 0.29) is 12.3 Å². The molecule has 0 radical (unpaired) electrons. The molecule has 0 unspecified atom stereocenters. The van der Waals surface area contributed by atoms with E-state index < -0.39 is 18.1 Å². The second-order valence-corrected chi connectivity index (χ2v) is 8.41. The van der Waals surface area contributed by atoms with Crippen LogP contribution >= 0.6 is 21.6 Å². The first-order valence-corrected chi connectivity index (χ1v) is 11.0. The fourth-order valence-corrected chi connectivity index (χ4v) is 3.65. The van der Waals surface area contributed by atoms with Crippen LogP contribution in [0.25, 0.3) is 5.82 Å². The molecule has 0 saturated carbocycles. The van der Waals surface area contributed by atoms with E-state index in [0.717, 1.165) is 5.56 Å². The molecule has 0 bridgehead atoms. The lowest BCUT2D eigenvalue weighted by Gasteiger charge is -2.03. The number of rotatable bonds is 9. The van der Waals surface area contributed by atoms with Crippen LogP contribution in [0.5, 0.6) is 0 Å². The minimum Gasteiger partial charge on any atom is -0.481 e. The lowest BCUT2D eigenvalue weighted by Crippen LogP contribution is -2.25. The third-order valence-corrected chi connectivity index (χ3v) is 5.58. The Morgan fingerprint density at radius 1 is 1.19 bits per heavy atom. The van der Waals surface area contributed by atoms with Gasteiger partial charge in [-0.15, -0.1) is 0 Å². The van der Waals surface area contributed by atoms with Gasteiger partial charge in [-0.3, -0.25) is 9.59 Å². The summed E-state index contributed by atoms with van der Waals surface area (Å²) in [7, 11) is 3.04. The van der Waals surface area contributed by atoms with Gasteiger partial charge in [0, 0.05) is 30.4 Å². The van der Waals surface area contributed by atoms with Crippen LogP contribution in [0.4, 0.5) is 13.2 Å². The number of pyridine rings is 1. The zero-order valence-corrected chi connectivity index (χ0v) is 17.8. The minimum absolute atomic E-state index is 0.149. The Kier molecular flexibility index (Phi) is 10.9. The maximum absolute atomic E-state index is 12.1. The summed E-state index contributed by atoms with van der Waals surface area (Å²) in [5.74, 6) is -1.80. The zero-order chi connectivity index (χ0) is 23.4. The smallest absolute Gasteiger partial charge is 0.481 e. The van der Waals surface area contributed by atoms with E-state index in [1.807, 2.05) is 19.1 Å². The van der Waals surface area contributed by atoms with Crippen molar-refractivity contribution in [3.63, 3.8) is 0 Å². The monoisotopic (exact) mass is 480 g/mol. The highest BCUT2D eigenvalue weighted by Gasteiger charge is 2.38. The van der Waals surface area contributed by atoms with Crippen molar-refractivity contribution in [1.82, 2.24) is 20.1 Å². The Morgan fingerprint density at radius 3 is 2.42 bits per heavy atom. The summed E-state index contributed by atoms with van der Waals surface area (Å²) < 4.78 is 33.3. The predicted molar refractivity (Wildman–Crippen MR) is 109 cm³/mol. The van der Waals surface area contributed by atoms with E-state index >= 15 is 0 Å². The molecule has 0 aliphatic carbocycles. The lowest BCUT2D eigenvalue weighted by molar-refractivity contribution is -0.192. The highest BCUT2D eigenvalue weighted by atomic mass is 33.1. The van der Waals surface area contributed by atoms with E-state index in [9.17, 15) is 22.8 Å². The molecule has 0 aliphatic rings. The largest absolute Gasteiger partial charge is 0.490 e. The number of carbonyl (C=O) groups excluding carboxylic acids is 1. The molecule has 2 rings (SSSR count). The average molecular weight is 480 g/mol. The van der Waals surface area contributed by atoms with Gasteiger partial charge in [0.2, 0.25) is 0 Å². The number of nitrogens with one attached hydrogen (secondary N) is 1. The van der Waals surface area contributed by atoms with Gasteiger partial charge in [-0.2, -0.15) is 18.3 Å². The lowest BCUT2D eigenvalue weighted by atomic mass is 10.3. The Morgan fingerprint density at radius 2 is 1.84 bits per heavy atom. The zero-order valence-electron chi connectivity index (χ0n) is 16.1. The minimum atomic E-state index is -5.08. The van der Waals surface area contributed by atoms with Crippen LogP contribution in [-0.4, -0.2) is 67.1 Å². The Hall–Kier alpha value is -2.74. The van der Waals surface area contributed by atoms with Crippen molar-refractivity contribution in [2.75, 3.05) is 18.1 Å². The van der Waals surface area contributed by atoms with Crippen LogP contribution in [0.1, 0.15) is 22.3 Å². The van der Waals surface area contributed by atoms with Crippen LogP contribution in [-0.2, 0) is 9.59 Å². The molecular weight excluding hydrogens is 461 g/mol. The Labute approximate surface area is 182 Å². The van der Waals surface area contributed by atoms with Gasteiger partial charge in [-0.1, -0.05) is 21.6 Å². The first-order chi connectivity index (χ1) is 14.5. The number of carbonyl (C=O) groups is 3. The fraction of sp³-hybridized carbons (Fsp3) is 0.353. The molecule has 0 spiro atoms. The molecular formula is C17H19F3N4O5S2.